The Hall–Kier alpha value is -1.72. The zero-order valence-corrected chi connectivity index (χ0v) is 17.5. The van der Waals surface area contributed by atoms with Gasteiger partial charge in [0, 0.05) is 25.2 Å². The maximum atomic E-state index is 13.4. The SMILES string of the molecule is CCS(=O)(=O)N1CCCC2(CCCN2Cc2cccc(F)c2)C1.O=C(O)C(F)(F)F. The highest BCUT2D eigenvalue weighted by Crippen LogP contribution is 2.39. The van der Waals surface area contributed by atoms with Crippen LogP contribution in [0, 0.1) is 5.82 Å². The lowest BCUT2D eigenvalue weighted by molar-refractivity contribution is -0.192. The van der Waals surface area contributed by atoms with Crippen molar-refractivity contribution in [3.05, 3.63) is 35.6 Å². The molecule has 2 heterocycles. The number of carboxylic acid groups (broad SMARTS) is 1. The maximum Gasteiger partial charge on any atom is 0.490 e. The highest BCUT2D eigenvalue weighted by molar-refractivity contribution is 7.89. The Balaban J connectivity index is 0.000000396. The zero-order valence-electron chi connectivity index (χ0n) is 16.7. The molecule has 0 aromatic heterocycles. The molecule has 2 saturated heterocycles. The number of rotatable bonds is 4. The molecule has 1 N–H and O–H groups in total. The molecule has 0 saturated carbocycles. The summed E-state index contributed by atoms with van der Waals surface area (Å²) in [5.74, 6) is -2.81. The third kappa shape index (κ3) is 6.14. The topological polar surface area (TPSA) is 77.9 Å². The van der Waals surface area contributed by atoms with E-state index in [1.54, 1.807) is 23.4 Å². The first-order valence-electron chi connectivity index (χ1n) is 9.67. The van der Waals surface area contributed by atoms with Crippen molar-refractivity contribution in [1.82, 2.24) is 9.21 Å². The van der Waals surface area contributed by atoms with Crippen molar-refractivity contribution < 1.29 is 35.9 Å². The lowest BCUT2D eigenvalue weighted by Gasteiger charge is -2.45. The van der Waals surface area contributed by atoms with E-state index in [9.17, 15) is 26.0 Å². The molecule has 1 aromatic rings. The van der Waals surface area contributed by atoms with E-state index in [4.69, 9.17) is 9.90 Å². The minimum Gasteiger partial charge on any atom is -0.475 e. The monoisotopic (exact) mass is 454 g/mol. The van der Waals surface area contributed by atoms with Crippen LogP contribution in [0.5, 0.6) is 0 Å². The van der Waals surface area contributed by atoms with Crippen LogP contribution in [0.3, 0.4) is 0 Å². The van der Waals surface area contributed by atoms with Crippen LogP contribution in [-0.2, 0) is 21.4 Å². The summed E-state index contributed by atoms with van der Waals surface area (Å²) >= 11 is 0. The first kappa shape index (κ1) is 24.5. The Morgan fingerprint density at radius 2 is 1.80 bits per heavy atom. The second-order valence-electron chi connectivity index (χ2n) is 7.52. The van der Waals surface area contributed by atoms with E-state index in [1.807, 2.05) is 6.07 Å². The Morgan fingerprint density at radius 3 is 2.33 bits per heavy atom. The van der Waals surface area contributed by atoms with E-state index in [0.29, 0.717) is 19.6 Å². The van der Waals surface area contributed by atoms with E-state index in [2.05, 4.69) is 4.90 Å². The van der Waals surface area contributed by atoms with E-state index in [-0.39, 0.29) is 17.1 Å². The van der Waals surface area contributed by atoms with Crippen molar-refractivity contribution in [3.8, 4) is 0 Å². The second-order valence-corrected chi connectivity index (χ2v) is 9.78. The average molecular weight is 454 g/mol. The van der Waals surface area contributed by atoms with Crippen molar-refractivity contribution in [2.45, 2.75) is 50.9 Å². The molecular formula is C19H26F4N2O4S. The van der Waals surface area contributed by atoms with Gasteiger partial charge in [0.15, 0.2) is 0 Å². The first-order valence-corrected chi connectivity index (χ1v) is 11.3. The molecule has 1 unspecified atom stereocenters. The largest absolute Gasteiger partial charge is 0.490 e. The van der Waals surface area contributed by atoms with Gasteiger partial charge in [0.25, 0.3) is 0 Å². The predicted octanol–water partition coefficient (Wildman–Crippen LogP) is 3.24. The Bertz CT molecular complexity index is 847. The van der Waals surface area contributed by atoms with Crippen LogP contribution in [0.15, 0.2) is 24.3 Å². The molecule has 11 heteroatoms. The molecule has 1 aromatic carbocycles. The minimum absolute atomic E-state index is 0.0766. The highest BCUT2D eigenvalue weighted by Gasteiger charge is 2.45. The van der Waals surface area contributed by atoms with Crippen LogP contribution in [0.1, 0.15) is 38.2 Å². The molecule has 0 aliphatic carbocycles. The Kier molecular flexibility index (Phi) is 7.86. The number of aliphatic carboxylic acids is 1. The number of halogens is 4. The molecule has 30 heavy (non-hydrogen) atoms. The molecule has 6 nitrogen and oxygen atoms in total. The lowest BCUT2D eigenvalue weighted by atomic mass is 9.87. The van der Waals surface area contributed by atoms with E-state index < -0.39 is 22.2 Å². The fourth-order valence-electron chi connectivity index (χ4n) is 4.05. The van der Waals surface area contributed by atoms with Gasteiger partial charge >= 0.3 is 12.1 Å². The van der Waals surface area contributed by atoms with Gasteiger partial charge in [-0.2, -0.15) is 13.2 Å². The van der Waals surface area contributed by atoms with Crippen LogP contribution in [0.2, 0.25) is 0 Å². The van der Waals surface area contributed by atoms with Crippen molar-refractivity contribution in [2.75, 3.05) is 25.4 Å². The maximum absolute atomic E-state index is 13.4. The zero-order chi connectivity index (χ0) is 22.6. The third-order valence-electron chi connectivity index (χ3n) is 5.52. The predicted molar refractivity (Wildman–Crippen MR) is 103 cm³/mol. The van der Waals surface area contributed by atoms with Gasteiger partial charge in [-0.05, 0) is 56.8 Å². The summed E-state index contributed by atoms with van der Waals surface area (Å²) < 4.78 is 71.4. The number of benzene rings is 1. The first-order chi connectivity index (χ1) is 13.9. The molecule has 2 aliphatic heterocycles. The minimum atomic E-state index is -5.08. The molecule has 0 bridgehead atoms. The number of carbonyl (C=O) groups is 1. The van der Waals surface area contributed by atoms with Crippen LogP contribution < -0.4 is 0 Å². The summed E-state index contributed by atoms with van der Waals surface area (Å²) in [5, 5.41) is 7.12. The van der Waals surface area contributed by atoms with E-state index in [1.165, 1.54) is 6.07 Å². The fraction of sp³-hybridized carbons (Fsp3) is 0.632. The lowest BCUT2D eigenvalue weighted by Crippen LogP contribution is -2.56. The van der Waals surface area contributed by atoms with Crippen LogP contribution >= 0.6 is 0 Å². The number of hydrogen-bond donors (Lipinski definition) is 1. The molecule has 1 spiro atoms. The van der Waals surface area contributed by atoms with Crippen molar-refractivity contribution in [2.24, 2.45) is 0 Å². The molecule has 0 amide bonds. The van der Waals surface area contributed by atoms with Gasteiger partial charge in [-0.1, -0.05) is 12.1 Å². The Morgan fingerprint density at radius 1 is 1.20 bits per heavy atom. The Labute approximate surface area is 173 Å². The van der Waals surface area contributed by atoms with Gasteiger partial charge in [-0.15, -0.1) is 0 Å². The fourth-order valence-corrected chi connectivity index (χ4v) is 5.26. The molecule has 0 radical (unpaired) electrons. The van der Waals surface area contributed by atoms with Gasteiger partial charge in [0.1, 0.15) is 5.82 Å². The van der Waals surface area contributed by atoms with Crippen molar-refractivity contribution in [1.29, 1.82) is 0 Å². The molecule has 1 atom stereocenters. The quantitative estimate of drug-likeness (QED) is 0.707. The summed E-state index contributed by atoms with van der Waals surface area (Å²) in [6.45, 7) is 4.56. The highest BCUT2D eigenvalue weighted by atomic mass is 32.2. The van der Waals surface area contributed by atoms with Crippen molar-refractivity contribution in [3.63, 3.8) is 0 Å². The number of carboxylic acids is 1. The number of alkyl halides is 3. The van der Waals surface area contributed by atoms with E-state index >= 15 is 0 Å². The molecule has 2 aliphatic rings. The van der Waals surface area contributed by atoms with Gasteiger partial charge in [-0.25, -0.2) is 21.9 Å². The standard InChI is InChI=1S/C17H25FN2O2S.C2HF3O2/c1-2-23(21,22)20-11-5-9-17(14-20)8-4-10-19(17)13-15-6-3-7-16(18)12-15;3-2(4,5)1(6)7/h3,6-7,12H,2,4-5,8-11,13-14H2,1H3;(H,6,7). The van der Waals surface area contributed by atoms with Gasteiger partial charge in [-0.3, -0.25) is 4.90 Å². The molecule has 3 rings (SSSR count). The van der Waals surface area contributed by atoms with Gasteiger partial charge < -0.3 is 5.11 Å². The normalized spacial score (nSPS) is 23.2. The van der Waals surface area contributed by atoms with Crippen LogP contribution in [0.25, 0.3) is 0 Å². The number of likely N-dealkylation sites (tertiary alicyclic amines) is 1. The number of nitrogens with zero attached hydrogens (tertiary/aromatic N) is 2. The second kappa shape index (κ2) is 9.61. The summed E-state index contributed by atoms with van der Waals surface area (Å²) in [5.41, 5.74) is 0.883. The number of piperidine rings is 1. The summed E-state index contributed by atoms with van der Waals surface area (Å²) in [4.78, 5) is 11.3. The molecule has 2 fully saturated rings. The van der Waals surface area contributed by atoms with Gasteiger partial charge in [0.05, 0.1) is 5.75 Å². The number of hydrogen-bond acceptors (Lipinski definition) is 4. The van der Waals surface area contributed by atoms with Gasteiger partial charge in [0.2, 0.25) is 10.0 Å². The number of sulfonamides is 1. The van der Waals surface area contributed by atoms with Crippen LogP contribution in [-0.4, -0.2) is 65.8 Å². The third-order valence-corrected chi connectivity index (χ3v) is 7.35. The molecule has 170 valence electrons. The van der Waals surface area contributed by atoms with E-state index in [0.717, 1.165) is 37.8 Å². The summed E-state index contributed by atoms with van der Waals surface area (Å²) in [6.07, 6.45) is -1.05. The van der Waals surface area contributed by atoms with Crippen LogP contribution in [0.4, 0.5) is 17.6 Å². The summed E-state index contributed by atoms with van der Waals surface area (Å²) in [6, 6.07) is 6.72. The van der Waals surface area contributed by atoms with Crippen molar-refractivity contribution >= 4 is 16.0 Å². The molecular weight excluding hydrogens is 428 g/mol. The average Bonchev–Trinajstić information content (AvgIpc) is 3.03. The summed E-state index contributed by atoms with van der Waals surface area (Å²) in [7, 11) is -3.14. The smallest absolute Gasteiger partial charge is 0.475 e.